The number of carbonyl (C=O) groups is 1. The van der Waals surface area contributed by atoms with E-state index in [2.05, 4.69) is 0 Å². The largest absolute Gasteiger partial charge is 0.481 e. The third-order valence-electron chi connectivity index (χ3n) is 3.42. The Morgan fingerprint density at radius 1 is 1.17 bits per heavy atom. The van der Waals surface area contributed by atoms with Gasteiger partial charge in [0.1, 0.15) is 0 Å². The van der Waals surface area contributed by atoms with Gasteiger partial charge in [0.25, 0.3) is 0 Å². The van der Waals surface area contributed by atoms with E-state index < -0.39 is 18.1 Å². The highest BCUT2D eigenvalue weighted by Gasteiger charge is 2.40. The summed E-state index contributed by atoms with van der Waals surface area (Å²) in [4.78, 5) is 12.3. The van der Waals surface area contributed by atoms with Crippen LogP contribution in [0.5, 0.6) is 0 Å². The van der Waals surface area contributed by atoms with Gasteiger partial charge in [0.15, 0.2) is 0 Å². The number of nitrogens with zero attached hydrogens (tertiary/aromatic N) is 1. The topological polar surface area (TPSA) is 40.5 Å². The minimum Gasteiger partial charge on any atom is -0.481 e. The Kier molecular flexibility index (Phi) is 5.91. The maximum atomic E-state index is 12.4. The number of aliphatic carboxylic acids is 1. The second-order valence-electron chi connectivity index (χ2n) is 4.86. The van der Waals surface area contributed by atoms with Crippen LogP contribution in [0.3, 0.4) is 0 Å². The van der Waals surface area contributed by atoms with Gasteiger partial charge in [-0.1, -0.05) is 6.42 Å². The van der Waals surface area contributed by atoms with Crippen molar-refractivity contribution in [1.82, 2.24) is 4.90 Å². The fourth-order valence-electron chi connectivity index (χ4n) is 2.27. The van der Waals surface area contributed by atoms with Gasteiger partial charge in [-0.25, -0.2) is 0 Å². The third-order valence-corrected chi connectivity index (χ3v) is 3.42. The summed E-state index contributed by atoms with van der Waals surface area (Å²) in [6, 6.07) is 0. The van der Waals surface area contributed by atoms with Crippen LogP contribution in [0.25, 0.3) is 0 Å². The standard InChI is InChI=1S/C12H20F3NO2/c13-12(14,15)10-5-8-16(9-6-10)7-3-1-2-4-11(17)18/h10H,1-9H2,(H,17,18). The lowest BCUT2D eigenvalue weighted by molar-refractivity contribution is -0.185. The minimum atomic E-state index is -4.05. The molecule has 0 bridgehead atoms. The van der Waals surface area contributed by atoms with Crippen LogP contribution in [-0.2, 0) is 4.79 Å². The number of halogens is 3. The van der Waals surface area contributed by atoms with Crippen molar-refractivity contribution in [3.63, 3.8) is 0 Å². The molecule has 18 heavy (non-hydrogen) atoms. The Hall–Kier alpha value is -0.780. The molecule has 0 aromatic carbocycles. The summed E-state index contributed by atoms with van der Waals surface area (Å²) in [6.07, 6.45) is -1.15. The molecule has 0 saturated carbocycles. The Labute approximate surface area is 105 Å². The summed E-state index contributed by atoms with van der Waals surface area (Å²) in [5, 5.41) is 8.45. The Balaban J connectivity index is 2.07. The Bertz CT molecular complexity index is 261. The van der Waals surface area contributed by atoms with Crippen LogP contribution in [0.1, 0.15) is 38.5 Å². The van der Waals surface area contributed by atoms with Gasteiger partial charge in [-0.15, -0.1) is 0 Å². The number of likely N-dealkylation sites (tertiary alicyclic amines) is 1. The first kappa shape index (κ1) is 15.3. The summed E-state index contributed by atoms with van der Waals surface area (Å²) >= 11 is 0. The molecule has 1 heterocycles. The molecule has 0 aliphatic carbocycles. The number of alkyl halides is 3. The van der Waals surface area contributed by atoms with Gasteiger partial charge in [-0.05, 0) is 45.3 Å². The fraction of sp³-hybridized carbons (Fsp3) is 0.917. The molecule has 0 amide bonds. The van der Waals surface area contributed by atoms with Gasteiger partial charge in [0, 0.05) is 6.42 Å². The average molecular weight is 267 g/mol. The van der Waals surface area contributed by atoms with Crippen LogP contribution < -0.4 is 0 Å². The van der Waals surface area contributed by atoms with Crippen LogP contribution >= 0.6 is 0 Å². The maximum absolute atomic E-state index is 12.4. The number of piperidine rings is 1. The van der Waals surface area contributed by atoms with Crippen LogP contribution in [0.4, 0.5) is 13.2 Å². The number of hydrogen-bond donors (Lipinski definition) is 1. The first-order valence-electron chi connectivity index (χ1n) is 6.40. The zero-order valence-electron chi connectivity index (χ0n) is 10.4. The highest BCUT2D eigenvalue weighted by Crippen LogP contribution is 2.34. The second-order valence-corrected chi connectivity index (χ2v) is 4.86. The highest BCUT2D eigenvalue weighted by molar-refractivity contribution is 5.66. The molecule has 6 heteroatoms. The second kappa shape index (κ2) is 6.97. The molecule has 1 rings (SSSR count). The molecule has 0 aromatic heterocycles. The van der Waals surface area contributed by atoms with E-state index in [1.165, 1.54) is 0 Å². The molecule has 0 atom stereocenters. The first-order chi connectivity index (χ1) is 8.39. The van der Waals surface area contributed by atoms with Crippen molar-refractivity contribution < 1.29 is 23.1 Å². The van der Waals surface area contributed by atoms with Crippen LogP contribution in [-0.4, -0.2) is 41.8 Å². The third kappa shape index (κ3) is 5.71. The molecule has 0 spiro atoms. The van der Waals surface area contributed by atoms with Crippen molar-refractivity contribution in [3.05, 3.63) is 0 Å². The van der Waals surface area contributed by atoms with E-state index in [0.717, 1.165) is 19.4 Å². The zero-order chi connectivity index (χ0) is 13.6. The predicted octanol–water partition coefficient (Wildman–Crippen LogP) is 2.91. The molecule has 0 radical (unpaired) electrons. The van der Waals surface area contributed by atoms with Gasteiger partial charge < -0.3 is 10.0 Å². The Morgan fingerprint density at radius 2 is 1.78 bits per heavy atom. The lowest BCUT2D eigenvalue weighted by Gasteiger charge is -2.32. The van der Waals surface area contributed by atoms with Crippen molar-refractivity contribution >= 4 is 5.97 Å². The maximum Gasteiger partial charge on any atom is 0.391 e. The number of carboxylic acids is 1. The fourth-order valence-corrected chi connectivity index (χ4v) is 2.27. The number of rotatable bonds is 6. The van der Waals surface area contributed by atoms with Crippen molar-refractivity contribution in [1.29, 1.82) is 0 Å². The normalized spacial score (nSPS) is 19.1. The lowest BCUT2D eigenvalue weighted by Crippen LogP contribution is -2.39. The first-order valence-corrected chi connectivity index (χ1v) is 6.40. The monoisotopic (exact) mass is 267 g/mol. The zero-order valence-corrected chi connectivity index (χ0v) is 10.4. The lowest BCUT2D eigenvalue weighted by atomic mass is 9.96. The molecule has 1 fully saturated rings. The molecular weight excluding hydrogens is 247 g/mol. The van der Waals surface area contributed by atoms with E-state index in [4.69, 9.17) is 5.11 Å². The molecule has 1 saturated heterocycles. The summed E-state index contributed by atoms with van der Waals surface area (Å²) in [5.74, 6) is -1.93. The van der Waals surface area contributed by atoms with Crippen LogP contribution in [0.15, 0.2) is 0 Å². The van der Waals surface area contributed by atoms with E-state index in [1.54, 1.807) is 0 Å². The smallest absolute Gasteiger partial charge is 0.391 e. The van der Waals surface area contributed by atoms with Crippen molar-refractivity contribution in [3.8, 4) is 0 Å². The molecule has 0 unspecified atom stereocenters. The van der Waals surface area contributed by atoms with Crippen LogP contribution in [0.2, 0.25) is 0 Å². The van der Waals surface area contributed by atoms with E-state index in [-0.39, 0.29) is 19.3 Å². The van der Waals surface area contributed by atoms with Gasteiger partial charge in [0.2, 0.25) is 0 Å². The van der Waals surface area contributed by atoms with Crippen LogP contribution in [0, 0.1) is 5.92 Å². The average Bonchev–Trinajstić information content (AvgIpc) is 2.27. The van der Waals surface area contributed by atoms with Gasteiger partial charge in [-0.3, -0.25) is 4.79 Å². The summed E-state index contributed by atoms with van der Waals surface area (Å²) < 4.78 is 37.3. The van der Waals surface area contributed by atoms with Crippen molar-refractivity contribution in [2.75, 3.05) is 19.6 Å². The van der Waals surface area contributed by atoms with Gasteiger partial charge >= 0.3 is 12.1 Å². The van der Waals surface area contributed by atoms with Crippen molar-refractivity contribution in [2.24, 2.45) is 5.92 Å². The van der Waals surface area contributed by atoms with Gasteiger partial charge in [0.05, 0.1) is 5.92 Å². The molecule has 1 aliphatic rings. The molecule has 1 aliphatic heterocycles. The number of carboxylic acid groups (broad SMARTS) is 1. The van der Waals surface area contributed by atoms with Gasteiger partial charge in [-0.2, -0.15) is 13.2 Å². The molecule has 0 aromatic rings. The van der Waals surface area contributed by atoms with Crippen molar-refractivity contribution in [2.45, 2.75) is 44.7 Å². The minimum absolute atomic E-state index is 0.177. The summed E-state index contributed by atoms with van der Waals surface area (Å²) in [5.41, 5.74) is 0. The summed E-state index contributed by atoms with van der Waals surface area (Å²) in [6.45, 7) is 1.79. The Morgan fingerprint density at radius 3 is 2.28 bits per heavy atom. The van der Waals surface area contributed by atoms with E-state index in [0.29, 0.717) is 19.5 Å². The number of unbranched alkanes of at least 4 members (excludes halogenated alkanes) is 2. The quantitative estimate of drug-likeness (QED) is 0.752. The molecular formula is C12H20F3NO2. The summed E-state index contributed by atoms with van der Waals surface area (Å²) in [7, 11) is 0. The predicted molar refractivity (Wildman–Crippen MR) is 61.3 cm³/mol. The number of hydrogen-bond acceptors (Lipinski definition) is 2. The van der Waals surface area contributed by atoms with E-state index >= 15 is 0 Å². The molecule has 1 N–H and O–H groups in total. The molecule has 106 valence electrons. The molecule has 3 nitrogen and oxygen atoms in total. The highest BCUT2D eigenvalue weighted by atomic mass is 19.4. The van der Waals surface area contributed by atoms with E-state index in [1.807, 2.05) is 4.90 Å². The SMILES string of the molecule is O=C(O)CCCCCN1CCC(C(F)(F)F)CC1. The van der Waals surface area contributed by atoms with E-state index in [9.17, 15) is 18.0 Å².